The zero-order valence-corrected chi connectivity index (χ0v) is 10.4. The van der Waals surface area contributed by atoms with E-state index in [2.05, 4.69) is 15.1 Å². The van der Waals surface area contributed by atoms with E-state index in [-0.39, 0.29) is 6.10 Å². The SMILES string of the molecule is CNCC(O)CN1CCN2CCCCC2C1. The summed E-state index contributed by atoms with van der Waals surface area (Å²) in [5, 5.41) is 12.8. The second-order valence-electron chi connectivity index (χ2n) is 5.16. The maximum atomic E-state index is 9.78. The first kappa shape index (κ1) is 12.3. The molecule has 0 aromatic heterocycles. The van der Waals surface area contributed by atoms with E-state index >= 15 is 0 Å². The van der Waals surface area contributed by atoms with E-state index in [0.29, 0.717) is 6.54 Å². The molecule has 2 aliphatic rings. The molecular formula is C12H25N3O. The summed E-state index contributed by atoms with van der Waals surface area (Å²) in [7, 11) is 1.89. The Morgan fingerprint density at radius 2 is 2.19 bits per heavy atom. The van der Waals surface area contributed by atoms with Crippen LogP contribution in [0.2, 0.25) is 0 Å². The van der Waals surface area contributed by atoms with Crippen molar-refractivity contribution in [3.8, 4) is 0 Å². The molecule has 0 aromatic rings. The van der Waals surface area contributed by atoms with Gasteiger partial charge >= 0.3 is 0 Å². The third-order valence-corrected chi connectivity index (χ3v) is 3.83. The van der Waals surface area contributed by atoms with Crippen LogP contribution in [0.4, 0.5) is 0 Å². The average molecular weight is 227 g/mol. The lowest BCUT2D eigenvalue weighted by atomic mass is 9.99. The number of fused-ring (bicyclic) bond motifs is 1. The monoisotopic (exact) mass is 227 g/mol. The fourth-order valence-corrected chi connectivity index (χ4v) is 2.98. The van der Waals surface area contributed by atoms with Crippen molar-refractivity contribution in [1.82, 2.24) is 15.1 Å². The van der Waals surface area contributed by atoms with Crippen molar-refractivity contribution in [1.29, 1.82) is 0 Å². The van der Waals surface area contributed by atoms with Gasteiger partial charge in [0.2, 0.25) is 0 Å². The van der Waals surface area contributed by atoms with Crippen molar-refractivity contribution in [3.63, 3.8) is 0 Å². The summed E-state index contributed by atoms with van der Waals surface area (Å²) in [6.45, 7) is 6.28. The Kier molecular flexibility index (Phi) is 4.58. The Morgan fingerprint density at radius 1 is 1.31 bits per heavy atom. The number of β-amino-alcohol motifs (C(OH)–C–C–N with tert-alkyl or cyclic N) is 1. The van der Waals surface area contributed by atoms with Gasteiger partial charge < -0.3 is 10.4 Å². The number of piperazine rings is 1. The van der Waals surface area contributed by atoms with Crippen LogP contribution >= 0.6 is 0 Å². The van der Waals surface area contributed by atoms with Crippen LogP contribution in [0.1, 0.15) is 19.3 Å². The smallest absolute Gasteiger partial charge is 0.0791 e. The summed E-state index contributed by atoms with van der Waals surface area (Å²) >= 11 is 0. The Labute approximate surface area is 98.6 Å². The molecule has 2 heterocycles. The van der Waals surface area contributed by atoms with Gasteiger partial charge in [0.25, 0.3) is 0 Å². The second kappa shape index (κ2) is 5.96. The fraction of sp³-hybridized carbons (Fsp3) is 1.00. The molecule has 2 N–H and O–H groups in total. The minimum Gasteiger partial charge on any atom is -0.390 e. The molecule has 0 bridgehead atoms. The number of nitrogens with zero attached hydrogens (tertiary/aromatic N) is 2. The zero-order chi connectivity index (χ0) is 11.4. The minimum absolute atomic E-state index is 0.222. The topological polar surface area (TPSA) is 38.7 Å². The van der Waals surface area contributed by atoms with E-state index in [1.807, 2.05) is 7.05 Å². The number of nitrogens with one attached hydrogen (secondary N) is 1. The second-order valence-corrected chi connectivity index (χ2v) is 5.16. The van der Waals surface area contributed by atoms with Gasteiger partial charge in [0.1, 0.15) is 0 Å². The highest BCUT2D eigenvalue weighted by Gasteiger charge is 2.29. The van der Waals surface area contributed by atoms with E-state index in [4.69, 9.17) is 0 Å². The lowest BCUT2D eigenvalue weighted by Gasteiger charge is -2.44. The van der Waals surface area contributed by atoms with E-state index in [0.717, 1.165) is 25.7 Å². The highest BCUT2D eigenvalue weighted by Crippen LogP contribution is 2.20. The first-order valence-corrected chi connectivity index (χ1v) is 6.58. The van der Waals surface area contributed by atoms with E-state index in [9.17, 15) is 5.11 Å². The number of hydrogen-bond acceptors (Lipinski definition) is 4. The summed E-state index contributed by atoms with van der Waals surface area (Å²) in [5.74, 6) is 0. The van der Waals surface area contributed by atoms with Crippen LogP contribution in [0.15, 0.2) is 0 Å². The Bertz CT molecular complexity index is 212. The van der Waals surface area contributed by atoms with E-state index < -0.39 is 0 Å². The molecule has 2 aliphatic heterocycles. The number of likely N-dealkylation sites (N-methyl/N-ethyl adjacent to an activating group) is 1. The number of aliphatic hydroxyl groups excluding tert-OH is 1. The van der Waals surface area contributed by atoms with Gasteiger partial charge in [0.05, 0.1) is 6.10 Å². The van der Waals surface area contributed by atoms with Crippen LogP contribution in [0, 0.1) is 0 Å². The van der Waals surface area contributed by atoms with Gasteiger partial charge in [-0.15, -0.1) is 0 Å². The predicted molar refractivity (Wildman–Crippen MR) is 65.6 cm³/mol. The summed E-state index contributed by atoms with van der Waals surface area (Å²) in [6.07, 6.45) is 3.88. The Hall–Kier alpha value is -0.160. The van der Waals surface area contributed by atoms with E-state index in [1.165, 1.54) is 32.4 Å². The van der Waals surface area contributed by atoms with Crippen molar-refractivity contribution < 1.29 is 5.11 Å². The molecule has 94 valence electrons. The Balaban J connectivity index is 1.76. The Morgan fingerprint density at radius 3 is 3.00 bits per heavy atom. The molecule has 0 aromatic carbocycles. The molecule has 2 fully saturated rings. The predicted octanol–water partition coefficient (Wildman–Crippen LogP) is -0.263. The largest absolute Gasteiger partial charge is 0.390 e. The molecule has 4 heteroatoms. The average Bonchev–Trinajstić information content (AvgIpc) is 2.29. The van der Waals surface area contributed by atoms with Crippen LogP contribution in [0.3, 0.4) is 0 Å². The fourth-order valence-electron chi connectivity index (χ4n) is 2.98. The van der Waals surface area contributed by atoms with Gasteiger partial charge in [-0.25, -0.2) is 0 Å². The molecule has 0 radical (unpaired) electrons. The molecule has 2 atom stereocenters. The number of piperidine rings is 1. The minimum atomic E-state index is -0.222. The van der Waals surface area contributed by atoms with Crippen LogP contribution in [0.5, 0.6) is 0 Å². The van der Waals surface area contributed by atoms with Gasteiger partial charge in [-0.3, -0.25) is 9.80 Å². The van der Waals surface area contributed by atoms with Crippen molar-refractivity contribution >= 4 is 0 Å². The van der Waals surface area contributed by atoms with Crippen molar-refractivity contribution in [2.45, 2.75) is 31.4 Å². The van der Waals surface area contributed by atoms with Crippen molar-refractivity contribution in [2.24, 2.45) is 0 Å². The summed E-state index contributed by atoms with van der Waals surface area (Å²) in [4.78, 5) is 5.05. The van der Waals surface area contributed by atoms with Gasteiger partial charge in [-0.2, -0.15) is 0 Å². The lowest BCUT2D eigenvalue weighted by molar-refractivity contribution is 0.0243. The lowest BCUT2D eigenvalue weighted by Crippen LogP contribution is -2.56. The summed E-state index contributed by atoms with van der Waals surface area (Å²) in [5.41, 5.74) is 0. The number of rotatable bonds is 4. The summed E-state index contributed by atoms with van der Waals surface area (Å²) < 4.78 is 0. The third kappa shape index (κ3) is 3.17. The van der Waals surface area contributed by atoms with Gasteiger partial charge in [-0.1, -0.05) is 6.42 Å². The highest BCUT2D eigenvalue weighted by atomic mass is 16.3. The molecule has 0 spiro atoms. The molecule has 0 amide bonds. The first-order chi connectivity index (χ1) is 7.79. The molecule has 2 unspecified atom stereocenters. The molecule has 4 nitrogen and oxygen atoms in total. The number of aliphatic hydroxyl groups is 1. The third-order valence-electron chi connectivity index (χ3n) is 3.83. The van der Waals surface area contributed by atoms with Crippen LogP contribution < -0.4 is 5.32 Å². The molecule has 16 heavy (non-hydrogen) atoms. The standard InChI is InChI=1S/C12H25N3O/c1-13-8-12(16)10-14-6-7-15-5-3-2-4-11(15)9-14/h11-13,16H,2-10H2,1H3. The van der Waals surface area contributed by atoms with Crippen molar-refractivity contribution in [3.05, 3.63) is 0 Å². The van der Waals surface area contributed by atoms with Crippen LogP contribution in [-0.2, 0) is 0 Å². The van der Waals surface area contributed by atoms with Gasteiger partial charge in [0, 0.05) is 38.8 Å². The quantitative estimate of drug-likeness (QED) is 0.694. The molecule has 0 saturated carbocycles. The normalized spacial score (nSPS) is 30.0. The summed E-state index contributed by atoms with van der Waals surface area (Å²) in [6, 6.07) is 0.754. The van der Waals surface area contributed by atoms with E-state index in [1.54, 1.807) is 0 Å². The first-order valence-electron chi connectivity index (χ1n) is 6.58. The van der Waals surface area contributed by atoms with Gasteiger partial charge in [-0.05, 0) is 26.4 Å². The van der Waals surface area contributed by atoms with Gasteiger partial charge in [0.15, 0.2) is 0 Å². The van der Waals surface area contributed by atoms with Crippen molar-refractivity contribution in [2.75, 3.05) is 46.3 Å². The molecule has 2 saturated heterocycles. The highest BCUT2D eigenvalue weighted by molar-refractivity contribution is 4.85. The maximum Gasteiger partial charge on any atom is 0.0791 e. The number of hydrogen-bond donors (Lipinski definition) is 2. The van der Waals surface area contributed by atoms with Crippen LogP contribution in [0.25, 0.3) is 0 Å². The van der Waals surface area contributed by atoms with Crippen LogP contribution in [-0.4, -0.2) is 73.4 Å². The molecule has 2 rings (SSSR count). The zero-order valence-electron chi connectivity index (χ0n) is 10.4. The maximum absolute atomic E-state index is 9.78. The molecular weight excluding hydrogens is 202 g/mol. The molecule has 0 aliphatic carbocycles.